The molecule has 0 aliphatic carbocycles. The van der Waals surface area contributed by atoms with Crippen LogP contribution in [0.1, 0.15) is 30.1 Å². The normalized spacial score (nSPS) is 18.8. The van der Waals surface area contributed by atoms with E-state index in [-0.39, 0.29) is 18.0 Å². The Hall–Kier alpha value is -3.81. The van der Waals surface area contributed by atoms with Crippen molar-refractivity contribution < 1.29 is 4.79 Å². The van der Waals surface area contributed by atoms with Gasteiger partial charge in [-0.2, -0.15) is 15.0 Å². The molecule has 0 spiro atoms. The van der Waals surface area contributed by atoms with Gasteiger partial charge in [0.1, 0.15) is 5.82 Å². The second-order valence-corrected chi connectivity index (χ2v) is 7.71. The number of hydrogen-bond donors (Lipinski definition) is 1. The maximum absolute atomic E-state index is 13.5. The molecule has 1 amide bonds. The number of benzene rings is 2. The van der Waals surface area contributed by atoms with Crippen LogP contribution in [-0.4, -0.2) is 54.4 Å². The third kappa shape index (κ3) is 3.72. The van der Waals surface area contributed by atoms with E-state index in [1.807, 2.05) is 53.4 Å². The van der Waals surface area contributed by atoms with Crippen LogP contribution in [0.2, 0.25) is 0 Å². The number of anilines is 1. The zero-order valence-corrected chi connectivity index (χ0v) is 17.2. The van der Waals surface area contributed by atoms with E-state index in [9.17, 15) is 4.79 Å². The molecule has 5 rings (SSSR count). The maximum Gasteiger partial charge on any atom is 0.256 e. The summed E-state index contributed by atoms with van der Waals surface area (Å²) in [6, 6.07) is 15.3. The van der Waals surface area contributed by atoms with E-state index in [0.29, 0.717) is 17.8 Å². The molecule has 1 saturated heterocycles. The predicted octanol–water partition coefficient (Wildman–Crippen LogP) is 3.32. The summed E-state index contributed by atoms with van der Waals surface area (Å²) in [4.78, 5) is 26.1. The summed E-state index contributed by atoms with van der Waals surface area (Å²) in [5, 5.41) is 11.9. The highest BCUT2D eigenvalue weighted by molar-refractivity contribution is 5.98. The van der Waals surface area contributed by atoms with E-state index in [0.717, 1.165) is 29.7 Å². The van der Waals surface area contributed by atoms with Gasteiger partial charge in [-0.3, -0.25) is 9.78 Å². The average molecular weight is 413 g/mol. The lowest BCUT2D eigenvalue weighted by Crippen LogP contribution is -2.52. The molecule has 1 N–H and O–H groups in total. The fourth-order valence-corrected chi connectivity index (χ4v) is 4.16. The van der Waals surface area contributed by atoms with Crippen LogP contribution in [0.4, 0.5) is 5.82 Å². The van der Waals surface area contributed by atoms with Crippen LogP contribution in [0, 0.1) is 0 Å². The average Bonchev–Trinajstić information content (AvgIpc) is 3.35. The second kappa shape index (κ2) is 8.14. The number of hydrogen-bond acceptors (Lipinski definition) is 6. The molecule has 0 radical (unpaired) electrons. The highest BCUT2D eigenvalue weighted by atomic mass is 16.2. The largest absolute Gasteiger partial charge is 0.364 e. The second-order valence-electron chi connectivity index (χ2n) is 7.71. The molecule has 156 valence electrons. The number of nitrogens with zero attached hydrogens (tertiary/aromatic N) is 6. The SMILES string of the molecule is C[C@H]1C(Nc2cnc3ccccc3n2)CCCN1C(=O)c1ccccc1-n1nccn1. The van der Waals surface area contributed by atoms with Gasteiger partial charge in [0.2, 0.25) is 0 Å². The Morgan fingerprint density at radius 1 is 1.03 bits per heavy atom. The van der Waals surface area contributed by atoms with Gasteiger partial charge < -0.3 is 10.2 Å². The van der Waals surface area contributed by atoms with E-state index in [4.69, 9.17) is 0 Å². The van der Waals surface area contributed by atoms with Gasteiger partial charge >= 0.3 is 0 Å². The Kier molecular flexibility index (Phi) is 5.03. The molecule has 31 heavy (non-hydrogen) atoms. The first-order valence-electron chi connectivity index (χ1n) is 10.5. The van der Waals surface area contributed by atoms with Crippen LogP contribution in [0.25, 0.3) is 16.7 Å². The first-order chi connectivity index (χ1) is 15.2. The van der Waals surface area contributed by atoms with Crippen LogP contribution >= 0.6 is 0 Å². The van der Waals surface area contributed by atoms with Crippen molar-refractivity contribution in [2.24, 2.45) is 0 Å². The van der Waals surface area contributed by atoms with Crippen molar-refractivity contribution in [3.8, 4) is 5.69 Å². The number of aromatic nitrogens is 5. The van der Waals surface area contributed by atoms with E-state index in [1.54, 1.807) is 18.6 Å². The molecule has 8 heteroatoms. The number of rotatable bonds is 4. The molecule has 2 aromatic heterocycles. The van der Waals surface area contributed by atoms with Crippen molar-refractivity contribution in [2.45, 2.75) is 31.8 Å². The lowest BCUT2D eigenvalue weighted by Gasteiger charge is -2.40. The molecule has 1 unspecified atom stereocenters. The fourth-order valence-electron chi connectivity index (χ4n) is 4.16. The summed E-state index contributed by atoms with van der Waals surface area (Å²) in [6.07, 6.45) is 6.85. The van der Waals surface area contributed by atoms with Gasteiger partial charge in [0.15, 0.2) is 0 Å². The third-order valence-corrected chi connectivity index (χ3v) is 5.80. The number of likely N-dealkylation sites (tertiary alicyclic amines) is 1. The molecule has 8 nitrogen and oxygen atoms in total. The molecule has 1 aliphatic rings. The van der Waals surface area contributed by atoms with E-state index >= 15 is 0 Å². The van der Waals surface area contributed by atoms with Crippen LogP contribution in [0.3, 0.4) is 0 Å². The first-order valence-corrected chi connectivity index (χ1v) is 10.5. The molecular weight excluding hydrogens is 390 g/mol. The Morgan fingerprint density at radius 2 is 1.77 bits per heavy atom. The van der Waals surface area contributed by atoms with Gasteiger partial charge in [0.05, 0.1) is 40.9 Å². The van der Waals surface area contributed by atoms with Crippen molar-refractivity contribution in [3.05, 3.63) is 72.7 Å². The molecule has 2 aromatic carbocycles. The minimum atomic E-state index is -0.0171. The Labute approximate surface area is 179 Å². The Bertz CT molecular complexity index is 1210. The minimum Gasteiger partial charge on any atom is -0.364 e. The number of carbonyl (C=O) groups excluding carboxylic acids is 1. The predicted molar refractivity (Wildman–Crippen MR) is 118 cm³/mol. The fraction of sp³-hybridized carbons (Fsp3) is 0.261. The van der Waals surface area contributed by atoms with Gasteiger partial charge in [0, 0.05) is 18.6 Å². The van der Waals surface area contributed by atoms with Crippen molar-refractivity contribution in [2.75, 3.05) is 11.9 Å². The molecular formula is C23H23N7O. The third-order valence-electron chi connectivity index (χ3n) is 5.80. The maximum atomic E-state index is 13.5. The number of fused-ring (bicyclic) bond motifs is 1. The molecule has 1 fully saturated rings. The summed E-state index contributed by atoms with van der Waals surface area (Å²) in [5.74, 6) is 0.711. The Balaban J connectivity index is 1.38. The smallest absolute Gasteiger partial charge is 0.256 e. The van der Waals surface area contributed by atoms with Crippen molar-refractivity contribution in [3.63, 3.8) is 0 Å². The summed E-state index contributed by atoms with van der Waals surface area (Å²) >= 11 is 0. The zero-order chi connectivity index (χ0) is 21.2. The molecule has 0 bridgehead atoms. The van der Waals surface area contributed by atoms with Crippen LogP contribution in [-0.2, 0) is 0 Å². The van der Waals surface area contributed by atoms with Gasteiger partial charge in [-0.25, -0.2) is 4.98 Å². The number of piperidine rings is 1. The van der Waals surface area contributed by atoms with E-state index < -0.39 is 0 Å². The Morgan fingerprint density at radius 3 is 2.61 bits per heavy atom. The lowest BCUT2D eigenvalue weighted by atomic mass is 9.96. The number of carbonyl (C=O) groups is 1. The van der Waals surface area contributed by atoms with Crippen LogP contribution in [0.5, 0.6) is 0 Å². The lowest BCUT2D eigenvalue weighted by molar-refractivity contribution is 0.0616. The minimum absolute atomic E-state index is 0.00634. The van der Waals surface area contributed by atoms with Gasteiger partial charge in [-0.15, -0.1) is 0 Å². The topological polar surface area (TPSA) is 88.8 Å². The van der Waals surface area contributed by atoms with Gasteiger partial charge in [-0.05, 0) is 44.0 Å². The summed E-state index contributed by atoms with van der Waals surface area (Å²) in [6.45, 7) is 2.79. The molecule has 4 aromatic rings. The monoisotopic (exact) mass is 413 g/mol. The number of amides is 1. The first kappa shape index (κ1) is 19.2. The number of nitrogens with one attached hydrogen (secondary N) is 1. The van der Waals surface area contributed by atoms with Crippen molar-refractivity contribution >= 4 is 22.8 Å². The molecule has 1 aliphatic heterocycles. The van der Waals surface area contributed by atoms with Crippen LogP contribution in [0.15, 0.2) is 67.1 Å². The van der Waals surface area contributed by atoms with Crippen LogP contribution < -0.4 is 5.32 Å². The summed E-state index contributed by atoms with van der Waals surface area (Å²) in [7, 11) is 0. The van der Waals surface area contributed by atoms with E-state index in [1.165, 1.54) is 4.80 Å². The van der Waals surface area contributed by atoms with Crippen molar-refractivity contribution in [1.29, 1.82) is 0 Å². The van der Waals surface area contributed by atoms with Gasteiger partial charge in [-0.1, -0.05) is 24.3 Å². The quantitative estimate of drug-likeness (QED) is 0.552. The van der Waals surface area contributed by atoms with Gasteiger partial charge in [0.25, 0.3) is 5.91 Å². The highest BCUT2D eigenvalue weighted by Crippen LogP contribution is 2.25. The molecule has 2 atom stereocenters. The molecule has 0 saturated carbocycles. The zero-order valence-electron chi connectivity index (χ0n) is 17.2. The summed E-state index contributed by atoms with van der Waals surface area (Å²) < 4.78 is 0. The summed E-state index contributed by atoms with van der Waals surface area (Å²) in [5.41, 5.74) is 2.99. The standard InChI is InChI=1S/C23H23N7O/c1-16-18(27-22-15-24-19-8-3-4-9-20(19)28-22)10-6-14-29(16)23(31)17-7-2-5-11-21(17)30-25-12-13-26-30/h2-5,7-9,11-13,15-16,18H,6,10,14H2,1H3,(H,27,28)/t16-,18?/m0/s1. The van der Waals surface area contributed by atoms with E-state index in [2.05, 4.69) is 32.4 Å². The number of para-hydroxylation sites is 3. The van der Waals surface area contributed by atoms with Crippen molar-refractivity contribution in [1.82, 2.24) is 29.9 Å². The highest BCUT2D eigenvalue weighted by Gasteiger charge is 2.33. The molecule has 3 heterocycles.